The van der Waals surface area contributed by atoms with Crippen molar-refractivity contribution in [2.24, 2.45) is 5.92 Å². The van der Waals surface area contributed by atoms with Crippen molar-refractivity contribution in [1.29, 1.82) is 0 Å². The Morgan fingerprint density at radius 1 is 0.882 bits per heavy atom. The topological polar surface area (TPSA) is 0 Å². The van der Waals surface area contributed by atoms with E-state index in [-0.39, 0.29) is 0 Å². The minimum Gasteiger partial charge on any atom is -0.0732 e. The maximum atomic E-state index is 4.05. The second-order valence-electron chi connectivity index (χ2n) is 4.29. The lowest BCUT2D eigenvalue weighted by molar-refractivity contribution is 0.938. The lowest BCUT2D eigenvalue weighted by Crippen LogP contribution is -1.91. The Bertz CT molecular complexity index is 436. The van der Waals surface area contributed by atoms with Crippen LogP contribution in [0.25, 0.3) is 5.57 Å². The highest BCUT2D eigenvalue weighted by molar-refractivity contribution is 5.79. The monoisotopic (exact) mass is 221 g/mol. The van der Waals surface area contributed by atoms with E-state index in [1.54, 1.807) is 0 Å². The Hall–Kier alpha value is -1.82. The highest BCUT2D eigenvalue weighted by Crippen LogP contribution is 2.24. The van der Waals surface area contributed by atoms with Gasteiger partial charge in [0.1, 0.15) is 0 Å². The van der Waals surface area contributed by atoms with E-state index in [0.717, 1.165) is 0 Å². The number of benzene rings is 2. The zero-order valence-electron chi connectivity index (χ0n) is 10.1. The molecule has 0 spiro atoms. The standard InChI is InChI=1S/C17H17/c1-14(2)13-17(15-9-5-3-6-10-15)16-11-7-4-8-12-16/h3-14H,1H2,2H3. The zero-order valence-corrected chi connectivity index (χ0v) is 10.1. The molecule has 0 saturated carbocycles. The van der Waals surface area contributed by atoms with Crippen LogP contribution in [-0.2, 0) is 0 Å². The molecule has 2 aromatic rings. The molecular weight excluding hydrogens is 204 g/mol. The van der Waals surface area contributed by atoms with E-state index in [4.69, 9.17) is 0 Å². The van der Waals surface area contributed by atoms with Gasteiger partial charge in [-0.25, -0.2) is 0 Å². The summed E-state index contributed by atoms with van der Waals surface area (Å²) in [6.07, 6.45) is 2.21. The molecule has 1 unspecified atom stereocenters. The molecule has 0 aliphatic carbocycles. The molecule has 1 radical (unpaired) electrons. The van der Waals surface area contributed by atoms with Gasteiger partial charge in [0.25, 0.3) is 0 Å². The summed E-state index contributed by atoms with van der Waals surface area (Å²) < 4.78 is 0. The average molecular weight is 221 g/mol. The van der Waals surface area contributed by atoms with Gasteiger partial charge in [0.05, 0.1) is 0 Å². The molecule has 0 heteroatoms. The van der Waals surface area contributed by atoms with Gasteiger partial charge >= 0.3 is 0 Å². The SMILES string of the molecule is [CH2]C(C)C=C(c1ccccc1)c1ccccc1. The number of hydrogen-bond acceptors (Lipinski definition) is 0. The second-order valence-corrected chi connectivity index (χ2v) is 4.29. The van der Waals surface area contributed by atoms with Crippen LogP contribution in [0.5, 0.6) is 0 Å². The molecule has 0 saturated heterocycles. The van der Waals surface area contributed by atoms with Crippen LogP contribution in [0.1, 0.15) is 18.1 Å². The van der Waals surface area contributed by atoms with Crippen molar-refractivity contribution in [2.75, 3.05) is 0 Å². The van der Waals surface area contributed by atoms with E-state index in [1.807, 2.05) is 12.1 Å². The summed E-state index contributed by atoms with van der Waals surface area (Å²) in [5.74, 6) is 0.297. The summed E-state index contributed by atoms with van der Waals surface area (Å²) in [4.78, 5) is 0. The molecular formula is C17H17. The first kappa shape index (κ1) is 11.7. The van der Waals surface area contributed by atoms with Gasteiger partial charge in [-0.05, 0) is 29.5 Å². The van der Waals surface area contributed by atoms with Gasteiger partial charge in [-0.15, -0.1) is 0 Å². The van der Waals surface area contributed by atoms with Gasteiger partial charge in [0.15, 0.2) is 0 Å². The third-order valence-electron chi connectivity index (χ3n) is 2.62. The van der Waals surface area contributed by atoms with Gasteiger partial charge in [0.2, 0.25) is 0 Å². The summed E-state index contributed by atoms with van der Waals surface area (Å²) in [5, 5.41) is 0. The van der Waals surface area contributed by atoms with Crippen LogP contribution < -0.4 is 0 Å². The van der Waals surface area contributed by atoms with Crippen LogP contribution in [0.3, 0.4) is 0 Å². The fourth-order valence-corrected chi connectivity index (χ4v) is 1.88. The molecule has 2 rings (SSSR count). The smallest absolute Gasteiger partial charge is 0.0149 e. The lowest BCUT2D eigenvalue weighted by atomic mass is 9.95. The molecule has 0 aromatic heterocycles. The fourth-order valence-electron chi connectivity index (χ4n) is 1.88. The van der Waals surface area contributed by atoms with Crippen molar-refractivity contribution in [1.82, 2.24) is 0 Å². The summed E-state index contributed by atoms with van der Waals surface area (Å²) in [6, 6.07) is 20.9. The van der Waals surface area contributed by atoms with E-state index in [0.29, 0.717) is 5.92 Å². The maximum Gasteiger partial charge on any atom is -0.0149 e. The molecule has 0 amide bonds. The molecule has 17 heavy (non-hydrogen) atoms. The first-order valence-corrected chi connectivity index (χ1v) is 5.93. The minimum atomic E-state index is 0.297. The van der Waals surface area contributed by atoms with Crippen LogP contribution in [0.4, 0.5) is 0 Å². The zero-order chi connectivity index (χ0) is 12.1. The summed E-state index contributed by atoms with van der Waals surface area (Å²) in [5.41, 5.74) is 3.75. The highest BCUT2D eigenvalue weighted by atomic mass is 14.1. The van der Waals surface area contributed by atoms with E-state index in [2.05, 4.69) is 68.5 Å². The highest BCUT2D eigenvalue weighted by Gasteiger charge is 2.04. The van der Waals surface area contributed by atoms with Crippen molar-refractivity contribution in [3.05, 3.63) is 84.8 Å². The predicted molar refractivity (Wildman–Crippen MR) is 74.5 cm³/mol. The largest absolute Gasteiger partial charge is 0.0732 e. The maximum absolute atomic E-state index is 4.05. The third-order valence-corrected chi connectivity index (χ3v) is 2.62. The van der Waals surface area contributed by atoms with Gasteiger partial charge in [-0.2, -0.15) is 0 Å². The van der Waals surface area contributed by atoms with Gasteiger partial charge in [-0.1, -0.05) is 73.7 Å². The number of allylic oxidation sites excluding steroid dienone is 1. The van der Waals surface area contributed by atoms with Crippen LogP contribution in [0.2, 0.25) is 0 Å². The molecule has 0 nitrogen and oxygen atoms in total. The lowest BCUT2D eigenvalue weighted by Gasteiger charge is -2.10. The Kier molecular flexibility index (Phi) is 3.77. The Morgan fingerprint density at radius 3 is 1.65 bits per heavy atom. The van der Waals surface area contributed by atoms with Gasteiger partial charge < -0.3 is 0 Å². The Labute approximate surface area is 104 Å². The van der Waals surface area contributed by atoms with Crippen molar-refractivity contribution in [2.45, 2.75) is 6.92 Å². The van der Waals surface area contributed by atoms with E-state index in [1.165, 1.54) is 16.7 Å². The van der Waals surface area contributed by atoms with Crippen molar-refractivity contribution >= 4 is 5.57 Å². The van der Waals surface area contributed by atoms with Gasteiger partial charge in [-0.3, -0.25) is 0 Å². The molecule has 0 aliphatic heterocycles. The normalized spacial score (nSPS) is 10.3. The fraction of sp³-hybridized carbons (Fsp3) is 0.118. The summed E-state index contributed by atoms with van der Waals surface area (Å²) >= 11 is 0. The van der Waals surface area contributed by atoms with Crippen LogP contribution in [0, 0.1) is 12.8 Å². The number of rotatable bonds is 3. The molecule has 2 aromatic carbocycles. The van der Waals surface area contributed by atoms with Crippen LogP contribution in [0.15, 0.2) is 66.7 Å². The van der Waals surface area contributed by atoms with E-state index >= 15 is 0 Å². The predicted octanol–water partition coefficient (Wildman–Crippen LogP) is 4.59. The molecule has 0 aliphatic rings. The third kappa shape index (κ3) is 3.07. The first-order valence-electron chi connectivity index (χ1n) is 5.93. The molecule has 0 bridgehead atoms. The van der Waals surface area contributed by atoms with Crippen molar-refractivity contribution in [3.8, 4) is 0 Å². The quantitative estimate of drug-likeness (QED) is 0.711. The van der Waals surface area contributed by atoms with Gasteiger partial charge in [0, 0.05) is 0 Å². The van der Waals surface area contributed by atoms with Crippen molar-refractivity contribution in [3.63, 3.8) is 0 Å². The van der Waals surface area contributed by atoms with Crippen molar-refractivity contribution < 1.29 is 0 Å². The van der Waals surface area contributed by atoms with E-state index in [9.17, 15) is 0 Å². The first-order chi connectivity index (χ1) is 8.27. The Balaban J connectivity index is 2.47. The molecule has 0 N–H and O–H groups in total. The molecule has 0 fully saturated rings. The van der Waals surface area contributed by atoms with Crippen LogP contribution >= 0.6 is 0 Å². The molecule has 85 valence electrons. The summed E-state index contributed by atoms with van der Waals surface area (Å²) in [7, 11) is 0. The Morgan fingerprint density at radius 2 is 1.29 bits per heavy atom. The molecule has 1 atom stereocenters. The van der Waals surface area contributed by atoms with Crippen LogP contribution in [-0.4, -0.2) is 0 Å². The molecule has 0 heterocycles. The van der Waals surface area contributed by atoms with E-state index < -0.39 is 0 Å². The summed E-state index contributed by atoms with van der Waals surface area (Å²) in [6.45, 7) is 6.16. The second kappa shape index (κ2) is 5.49. The average Bonchev–Trinajstić information content (AvgIpc) is 2.38. The number of hydrogen-bond donors (Lipinski definition) is 0. The minimum absolute atomic E-state index is 0.297.